The molecule has 0 bridgehead atoms. The van der Waals surface area contributed by atoms with Gasteiger partial charge < -0.3 is 9.31 Å². The minimum absolute atomic E-state index is 0.354. The van der Waals surface area contributed by atoms with Crippen molar-refractivity contribution < 1.29 is 9.31 Å². The van der Waals surface area contributed by atoms with Gasteiger partial charge >= 0.3 is 7.12 Å². The minimum atomic E-state index is -0.400. The van der Waals surface area contributed by atoms with E-state index in [-0.39, 0.29) is 11.2 Å². The summed E-state index contributed by atoms with van der Waals surface area (Å²) in [6.45, 7) is 10.0. The molecule has 0 radical (unpaired) electrons. The first-order valence-corrected chi connectivity index (χ1v) is 6.14. The molecule has 1 heterocycles. The van der Waals surface area contributed by atoms with E-state index in [0.29, 0.717) is 5.56 Å². The highest BCUT2D eigenvalue weighted by Crippen LogP contribution is 2.36. The Balaban J connectivity index is 2.39. The minimum Gasteiger partial charge on any atom is -0.399 e. The predicted molar refractivity (Wildman–Crippen MR) is 71.6 cm³/mol. The Morgan fingerprint density at radius 2 is 1.67 bits per heavy atom. The smallest absolute Gasteiger partial charge is 0.399 e. The van der Waals surface area contributed by atoms with Crippen molar-refractivity contribution in [2.45, 2.75) is 45.8 Å². The molecule has 1 aromatic rings. The van der Waals surface area contributed by atoms with E-state index in [9.17, 15) is 0 Å². The lowest BCUT2D eigenvalue weighted by Crippen LogP contribution is -2.41. The van der Waals surface area contributed by atoms with Gasteiger partial charge in [-0.15, -0.1) is 0 Å². The van der Waals surface area contributed by atoms with E-state index in [1.165, 1.54) is 0 Å². The number of benzene rings is 1. The Labute approximate surface area is 109 Å². The van der Waals surface area contributed by atoms with Crippen molar-refractivity contribution in [2.75, 3.05) is 0 Å². The van der Waals surface area contributed by atoms with Gasteiger partial charge in [0.25, 0.3) is 0 Å². The zero-order valence-corrected chi connectivity index (χ0v) is 11.6. The van der Waals surface area contributed by atoms with Crippen LogP contribution >= 0.6 is 0 Å². The van der Waals surface area contributed by atoms with Crippen LogP contribution in [0.2, 0.25) is 0 Å². The summed E-state index contributed by atoms with van der Waals surface area (Å²) in [5, 5.41) is 9.06. The Hall–Kier alpha value is -1.31. The van der Waals surface area contributed by atoms with Crippen molar-refractivity contribution in [3.8, 4) is 6.07 Å². The van der Waals surface area contributed by atoms with Gasteiger partial charge in [-0.3, -0.25) is 0 Å². The van der Waals surface area contributed by atoms with Gasteiger partial charge in [0.2, 0.25) is 0 Å². The zero-order chi connectivity index (χ0) is 13.6. The van der Waals surface area contributed by atoms with Crippen molar-refractivity contribution in [1.29, 1.82) is 5.26 Å². The molecule has 1 aliphatic heterocycles. The molecule has 0 N–H and O–H groups in total. The van der Waals surface area contributed by atoms with Gasteiger partial charge in [-0.05, 0) is 51.7 Å². The summed E-state index contributed by atoms with van der Waals surface area (Å²) >= 11 is 0. The van der Waals surface area contributed by atoms with E-state index >= 15 is 0 Å². The van der Waals surface area contributed by atoms with Crippen molar-refractivity contribution >= 4 is 12.6 Å². The van der Waals surface area contributed by atoms with Crippen LogP contribution in [0, 0.1) is 18.3 Å². The molecule has 0 atom stereocenters. The summed E-state index contributed by atoms with van der Waals surface area (Å²) in [7, 11) is -0.400. The van der Waals surface area contributed by atoms with Crippen LogP contribution in [0.15, 0.2) is 18.2 Å². The second-order valence-corrected chi connectivity index (χ2v) is 5.72. The number of nitrogens with zero attached hydrogens (tertiary/aromatic N) is 1. The van der Waals surface area contributed by atoms with Gasteiger partial charge in [0, 0.05) is 0 Å². The fraction of sp³-hybridized carbons (Fsp3) is 0.500. The van der Waals surface area contributed by atoms with Crippen LogP contribution in [0.4, 0.5) is 0 Å². The lowest BCUT2D eigenvalue weighted by Gasteiger charge is -2.32. The predicted octanol–water partition coefficient (Wildman–Crippen LogP) is 2.17. The molecule has 3 nitrogen and oxygen atoms in total. The molecule has 18 heavy (non-hydrogen) atoms. The van der Waals surface area contributed by atoms with Gasteiger partial charge in [-0.1, -0.05) is 12.1 Å². The third-order valence-electron chi connectivity index (χ3n) is 4.00. The topological polar surface area (TPSA) is 42.2 Å². The molecular weight excluding hydrogens is 225 g/mol. The number of hydrogen-bond acceptors (Lipinski definition) is 3. The van der Waals surface area contributed by atoms with Gasteiger partial charge in [0.05, 0.1) is 22.8 Å². The first-order valence-electron chi connectivity index (χ1n) is 6.14. The molecule has 2 rings (SSSR count). The average Bonchev–Trinajstić information content (AvgIpc) is 2.48. The highest BCUT2D eigenvalue weighted by atomic mass is 16.7. The van der Waals surface area contributed by atoms with Crippen molar-refractivity contribution in [1.82, 2.24) is 0 Å². The summed E-state index contributed by atoms with van der Waals surface area (Å²) in [6, 6.07) is 7.82. The Morgan fingerprint density at radius 1 is 1.11 bits per heavy atom. The van der Waals surface area contributed by atoms with Crippen LogP contribution in [-0.4, -0.2) is 18.3 Å². The fourth-order valence-electron chi connectivity index (χ4n) is 2.00. The molecule has 1 fully saturated rings. The number of hydrogen-bond donors (Lipinski definition) is 0. The molecule has 0 aliphatic carbocycles. The molecule has 1 aliphatic rings. The molecule has 1 saturated heterocycles. The van der Waals surface area contributed by atoms with E-state index in [1.54, 1.807) is 0 Å². The average molecular weight is 243 g/mol. The lowest BCUT2D eigenvalue weighted by atomic mass is 9.75. The molecule has 4 heteroatoms. The van der Waals surface area contributed by atoms with Crippen molar-refractivity contribution in [3.05, 3.63) is 29.3 Å². The van der Waals surface area contributed by atoms with Gasteiger partial charge in [0.1, 0.15) is 0 Å². The SMILES string of the molecule is Cc1c(C#N)cccc1B1OC(C)(C)C(C)(C)O1. The van der Waals surface area contributed by atoms with Gasteiger partial charge in [-0.25, -0.2) is 0 Å². The standard InChI is InChI=1S/C14H18BNO2/c1-10-11(9-16)7-6-8-12(10)15-17-13(2,3)14(4,5)18-15/h6-8H,1-5H3. The number of nitriles is 1. The summed E-state index contributed by atoms with van der Waals surface area (Å²) < 4.78 is 12.0. The molecule has 1 aromatic carbocycles. The monoisotopic (exact) mass is 243 g/mol. The lowest BCUT2D eigenvalue weighted by molar-refractivity contribution is 0.00578. The van der Waals surface area contributed by atoms with E-state index in [0.717, 1.165) is 11.0 Å². The third kappa shape index (κ3) is 1.94. The number of rotatable bonds is 1. The first-order chi connectivity index (χ1) is 8.28. The molecule has 0 aromatic heterocycles. The highest BCUT2D eigenvalue weighted by Gasteiger charge is 2.52. The van der Waals surface area contributed by atoms with Crippen molar-refractivity contribution in [2.24, 2.45) is 0 Å². The Kier molecular flexibility index (Phi) is 3.00. The highest BCUT2D eigenvalue weighted by molar-refractivity contribution is 6.62. The molecule has 0 unspecified atom stereocenters. The molecule has 0 spiro atoms. The summed E-state index contributed by atoms with van der Waals surface area (Å²) in [5.41, 5.74) is 1.83. The van der Waals surface area contributed by atoms with Crippen LogP contribution in [0.5, 0.6) is 0 Å². The molecular formula is C14H18BNO2. The van der Waals surface area contributed by atoms with Gasteiger partial charge in [0.15, 0.2) is 0 Å². The Bertz CT molecular complexity index is 501. The van der Waals surface area contributed by atoms with Crippen LogP contribution in [-0.2, 0) is 9.31 Å². The fourth-order valence-corrected chi connectivity index (χ4v) is 2.00. The summed E-state index contributed by atoms with van der Waals surface area (Å²) in [6.07, 6.45) is 0. The normalized spacial score (nSPS) is 20.8. The van der Waals surface area contributed by atoms with E-state index < -0.39 is 7.12 Å². The maximum Gasteiger partial charge on any atom is 0.495 e. The summed E-state index contributed by atoms with van der Waals surface area (Å²) in [5.74, 6) is 0. The third-order valence-corrected chi connectivity index (χ3v) is 4.00. The second-order valence-electron chi connectivity index (χ2n) is 5.72. The maximum absolute atomic E-state index is 9.06. The Morgan fingerprint density at radius 3 is 2.17 bits per heavy atom. The van der Waals surface area contributed by atoms with Crippen LogP contribution < -0.4 is 5.46 Å². The quantitative estimate of drug-likeness (QED) is 0.710. The van der Waals surface area contributed by atoms with Crippen LogP contribution in [0.25, 0.3) is 0 Å². The molecule has 94 valence electrons. The largest absolute Gasteiger partial charge is 0.495 e. The zero-order valence-electron chi connectivity index (χ0n) is 11.6. The van der Waals surface area contributed by atoms with Crippen LogP contribution in [0.1, 0.15) is 38.8 Å². The molecule has 0 amide bonds. The van der Waals surface area contributed by atoms with E-state index in [4.69, 9.17) is 14.6 Å². The maximum atomic E-state index is 9.06. The van der Waals surface area contributed by atoms with Gasteiger partial charge in [-0.2, -0.15) is 5.26 Å². The van der Waals surface area contributed by atoms with E-state index in [2.05, 4.69) is 6.07 Å². The van der Waals surface area contributed by atoms with Crippen LogP contribution in [0.3, 0.4) is 0 Å². The van der Waals surface area contributed by atoms with E-state index in [1.807, 2.05) is 52.8 Å². The first kappa shape index (κ1) is 13.1. The second kappa shape index (κ2) is 4.12. The molecule has 0 saturated carbocycles. The summed E-state index contributed by atoms with van der Waals surface area (Å²) in [4.78, 5) is 0. The van der Waals surface area contributed by atoms with Crippen molar-refractivity contribution in [3.63, 3.8) is 0 Å².